The molecule has 0 saturated heterocycles. The molecule has 0 bridgehead atoms. The van der Waals surface area contributed by atoms with E-state index in [1.54, 1.807) is 0 Å². The van der Waals surface area contributed by atoms with Crippen molar-refractivity contribution in [3.63, 3.8) is 0 Å². The maximum Gasteiger partial charge on any atom is 0.230 e. The molecule has 5 aromatic rings. The summed E-state index contributed by atoms with van der Waals surface area (Å²) >= 11 is 0. The van der Waals surface area contributed by atoms with Crippen LogP contribution in [0.5, 0.6) is 5.75 Å². The molecule has 0 unspecified atom stereocenters. The van der Waals surface area contributed by atoms with Crippen molar-refractivity contribution in [1.29, 1.82) is 0 Å². The molecule has 0 aliphatic heterocycles. The molecular formula is C31H28FN5O2. The van der Waals surface area contributed by atoms with Gasteiger partial charge in [-0.15, -0.1) is 0 Å². The van der Waals surface area contributed by atoms with Crippen molar-refractivity contribution in [2.24, 2.45) is 0 Å². The maximum absolute atomic E-state index is 14.5. The topological polar surface area (TPSA) is 92.8 Å². The molecule has 196 valence electrons. The van der Waals surface area contributed by atoms with Gasteiger partial charge < -0.3 is 15.0 Å². The number of halogens is 1. The van der Waals surface area contributed by atoms with Gasteiger partial charge in [-0.3, -0.25) is 4.79 Å². The van der Waals surface area contributed by atoms with Crippen LogP contribution in [0.1, 0.15) is 48.6 Å². The SMILES string of the molecule is O=C(Cc1cc(F)cc(-c2ccc(OCc3ccccc3)cc2)c1)Nc1ncnc2nc(C3CCCC3)[nH]c12. The van der Waals surface area contributed by atoms with Crippen LogP contribution in [-0.2, 0) is 17.8 Å². The number of aromatic amines is 1. The number of carbonyl (C=O) groups is 1. The standard InChI is InChI=1S/C31H28FN5O2/c32-25-15-21(14-24(17-25)22-10-12-26(13-11-22)39-18-20-6-2-1-3-7-20)16-27(38)35-30-28-31(34-19-33-30)37-29(36-28)23-8-4-5-9-23/h1-3,6-7,10-15,17,19,23H,4-5,8-9,16,18H2,(H2,33,34,35,36,37,38). The van der Waals surface area contributed by atoms with E-state index in [-0.39, 0.29) is 12.3 Å². The van der Waals surface area contributed by atoms with Crippen molar-refractivity contribution in [1.82, 2.24) is 19.9 Å². The maximum atomic E-state index is 14.5. The number of hydrogen-bond donors (Lipinski definition) is 2. The Kier molecular flexibility index (Phi) is 6.99. The zero-order valence-corrected chi connectivity index (χ0v) is 21.4. The van der Waals surface area contributed by atoms with Crippen LogP contribution in [0.2, 0.25) is 0 Å². The number of H-pyrrole nitrogens is 1. The summed E-state index contributed by atoms with van der Waals surface area (Å²) in [6.07, 6.45) is 5.97. The third-order valence-corrected chi connectivity index (χ3v) is 7.06. The summed E-state index contributed by atoms with van der Waals surface area (Å²) in [5.41, 5.74) is 4.31. The molecule has 0 atom stereocenters. The number of hydrogen-bond acceptors (Lipinski definition) is 5. The summed E-state index contributed by atoms with van der Waals surface area (Å²) in [4.78, 5) is 29.4. The number of amides is 1. The zero-order chi connectivity index (χ0) is 26.6. The van der Waals surface area contributed by atoms with Gasteiger partial charge in [0.1, 0.15) is 35.8 Å². The van der Waals surface area contributed by atoms with Crippen LogP contribution in [0.4, 0.5) is 10.2 Å². The van der Waals surface area contributed by atoms with E-state index in [0.29, 0.717) is 40.6 Å². The normalized spacial score (nSPS) is 13.6. The van der Waals surface area contributed by atoms with Gasteiger partial charge in [-0.25, -0.2) is 19.3 Å². The number of aromatic nitrogens is 4. The van der Waals surface area contributed by atoms with Gasteiger partial charge in [0.05, 0.1) is 6.42 Å². The van der Waals surface area contributed by atoms with Gasteiger partial charge in [0.25, 0.3) is 0 Å². The van der Waals surface area contributed by atoms with Crippen LogP contribution in [0, 0.1) is 5.82 Å². The summed E-state index contributed by atoms with van der Waals surface area (Å²) in [6.45, 7) is 0.471. The fourth-order valence-electron chi connectivity index (χ4n) is 5.10. The van der Waals surface area contributed by atoms with Crippen molar-refractivity contribution >= 4 is 22.9 Å². The Balaban J connectivity index is 1.14. The molecule has 0 radical (unpaired) electrons. The zero-order valence-electron chi connectivity index (χ0n) is 21.4. The number of ether oxygens (including phenoxy) is 1. The summed E-state index contributed by atoms with van der Waals surface area (Å²) in [5.74, 6) is 1.68. The highest BCUT2D eigenvalue weighted by Crippen LogP contribution is 2.34. The van der Waals surface area contributed by atoms with Crippen molar-refractivity contribution < 1.29 is 13.9 Å². The molecule has 2 heterocycles. The number of rotatable bonds is 8. The molecule has 1 fully saturated rings. The second-order valence-corrected chi connectivity index (χ2v) is 9.90. The molecule has 1 aliphatic rings. The third-order valence-electron chi connectivity index (χ3n) is 7.06. The number of nitrogens with one attached hydrogen (secondary N) is 2. The Morgan fingerprint density at radius 1 is 0.949 bits per heavy atom. The molecule has 6 rings (SSSR count). The Morgan fingerprint density at radius 2 is 1.74 bits per heavy atom. The first kappa shape index (κ1) is 24.7. The molecule has 1 saturated carbocycles. The molecule has 8 heteroatoms. The molecule has 7 nitrogen and oxygen atoms in total. The summed E-state index contributed by atoms with van der Waals surface area (Å²) in [7, 11) is 0. The van der Waals surface area contributed by atoms with Crippen LogP contribution in [-0.4, -0.2) is 25.8 Å². The monoisotopic (exact) mass is 521 g/mol. The largest absolute Gasteiger partial charge is 0.489 e. The van der Waals surface area contributed by atoms with E-state index in [4.69, 9.17) is 4.74 Å². The van der Waals surface area contributed by atoms with Crippen LogP contribution < -0.4 is 10.1 Å². The van der Waals surface area contributed by atoms with Crippen molar-refractivity contribution in [3.8, 4) is 16.9 Å². The minimum Gasteiger partial charge on any atom is -0.489 e. The minimum atomic E-state index is -0.404. The third kappa shape index (κ3) is 5.80. The van der Waals surface area contributed by atoms with Gasteiger partial charge >= 0.3 is 0 Å². The summed E-state index contributed by atoms with van der Waals surface area (Å²) in [6, 6.07) is 22.1. The van der Waals surface area contributed by atoms with Gasteiger partial charge in [-0.1, -0.05) is 61.4 Å². The number of anilines is 1. The van der Waals surface area contributed by atoms with Crippen LogP contribution >= 0.6 is 0 Å². The number of nitrogens with zero attached hydrogens (tertiary/aromatic N) is 3. The van der Waals surface area contributed by atoms with E-state index >= 15 is 0 Å². The minimum absolute atomic E-state index is 0.00184. The Labute approximate surface area is 225 Å². The summed E-state index contributed by atoms with van der Waals surface area (Å²) < 4.78 is 20.4. The number of fused-ring (bicyclic) bond motifs is 1. The summed E-state index contributed by atoms with van der Waals surface area (Å²) in [5, 5.41) is 2.85. The van der Waals surface area contributed by atoms with Gasteiger partial charge in [-0.2, -0.15) is 0 Å². The van der Waals surface area contributed by atoms with Gasteiger partial charge in [0, 0.05) is 5.92 Å². The first-order valence-corrected chi connectivity index (χ1v) is 13.2. The lowest BCUT2D eigenvalue weighted by atomic mass is 10.0. The van der Waals surface area contributed by atoms with Gasteiger partial charge in [-0.05, 0) is 59.4 Å². The Morgan fingerprint density at radius 3 is 2.54 bits per heavy atom. The lowest BCUT2D eigenvalue weighted by Crippen LogP contribution is -2.16. The quantitative estimate of drug-likeness (QED) is 0.241. The Bertz CT molecular complexity index is 1600. The highest BCUT2D eigenvalue weighted by Gasteiger charge is 2.22. The Hall–Kier alpha value is -4.59. The van der Waals surface area contributed by atoms with Crippen molar-refractivity contribution in [3.05, 3.63) is 102 Å². The molecular weight excluding hydrogens is 493 g/mol. The highest BCUT2D eigenvalue weighted by atomic mass is 19.1. The predicted octanol–water partition coefficient (Wildman–Crippen LogP) is 6.58. The predicted molar refractivity (Wildman–Crippen MR) is 148 cm³/mol. The van der Waals surface area contributed by atoms with E-state index in [1.165, 1.54) is 31.3 Å². The van der Waals surface area contributed by atoms with Crippen LogP contribution in [0.15, 0.2) is 79.1 Å². The molecule has 1 aliphatic carbocycles. The fraction of sp³-hybridized carbons (Fsp3) is 0.226. The molecule has 0 spiro atoms. The van der Waals surface area contributed by atoms with Crippen LogP contribution in [0.3, 0.4) is 0 Å². The van der Waals surface area contributed by atoms with Gasteiger partial charge in [0.15, 0.2) is 11.5 Å². The van der Waals surface area contributed by atoms with E-state index in [1.807, 2.05) is 60.7 Å². The molecule has 39 heavy (non-hydrogen) atoms. The smallest absolute Gasteiger partial charge is 0.230 e. The second-order valence-electron chi connectivity index (χ2n) is 9.90. The van der Waals surface area contributed by atoms with E-state index < -0.39 is 5.82 Å². The number of carbonyl (C=O) groups excluding carboxylic acids is 1. The number of benzene rings is 3. The van der Waals surface area contributed by atoms with Crippen molar-refractivity contribution in [2.75, 3.05) is 5.32 Å². The van der Waals surface area contributed by atoms with E-state index in [2.05, 4.69) is 25.3 Å². The highest BCUT2D eigenvalue weighted by molar-refractivity contribution is 5.97. The van der Waals surface area contributed by atoms with Crippen molar-refractivity contribution in [2.45, 2.75) is 44.6 Å². The molecule has 2 N–H and O–H groups in total. The average molecular weight is 522 g/mol. The van der Waals surface area contributed by atoms with E-state index in [9.17, 15) is 9.18 Å². The fourth-order valence-corrected chi connectivity index (χ4v) is 5.10. The molecule has 1 amide bonds. The molecule has 2 aromatic heterocycles. The average Bonchev–Trinajstić information content (AvgIpc) is 3.63. The number of imidazole rings is 1. The van der Waals surface area contributed by atoms with Gasteiger partial charge in [0.2, 0.25) is 5.91 Å². The van der Waals surface area contributed by atoms with E-state index in [0.717, 1.165) is 35.5 Å². The first-order valence-electron chi connectivity index (χ1n) is 13.2. The first-order chi connectivity index (χ1) is 19.1. The second kappa shape index (κ2) is 11.0. The molecule has 3 aromatic carbocycles. The van der Waals surface area contributed by atoms with Crippen LogP contribution in [0.25, 0.3) is 22.3 Å². The lowest BCUT2D eigenvalue weighted by molar-refractivity contribution is -0.115. The lowest BCUT2D eigenvalue weighted by Gasteiger charge is -2.10.